The van der Waals surface area contributed by atoms with Crippen molar-refractivity contribution >= 4 is 70.8 Å². The predicted octanol–water partition coefficient (Wildman–Crippen LogP) is 5.87. The molecule has 8 atom stereocenters. The quantitative estimate of drug-likeness (QED) is 0.0294. The van der Waals surface area contributed by atoms with Crippen LogP contribution in [-0.4, -0.2) is 176 Å². The van der Waals surface area contributed by atoms with E-state index in [1.807, 2.05) is 46.8 Å². The molecule has 86 heavy (non-hydrogen) atoms. The van der Waals surface area contributed by atoms with Crippen molar-refractivity contribution in [3.8, 4) is 0 Å². The molecule has 2 aromatic heterocycles. The Balaban J connectivity index is 2.29. The molecule has 0 bridgehead atoms. The van der Waals surface area contributed by atoms with Crippen LogP contribution in [0.5, 0.6) is 0 Å². The molecule has 0 radical (unpaired) electrons. The molecule has 23 nitrogen and oxygen atoms in total. The fourth-order valence-corrected chi connectivity index (χ4v) is 10.5. The van der Waals surface area contributed by atoms with E-state index in [-0.39, 0.29) is 117 Å². The fourth-order valence-electron chi connectivity index (χ4n) is 9.69. The maximum absolute atomic E-state index is 15.2. The van der Waals surface area contributed by atoms with Crippen LogP contribution >= 0.6 is 11.3 Å². The lowest BCUT2D eigenvalue weighted by Crippen LogP contribution is -2.52. The standard InChI is InChI=1S/C62H101N9O14S/c1-14-29-71(51(41(3)4)38-53(85-45(8)73)60-69-50(39-86-60)59(80)67-47(35-44(7)84-40-72)36-46-21-16-18-26-64-46)61(81)48(42(5)15-2)37-54(75)62(9,10)70(12)30-24-57(78)68-49(22-17-19-27-65-56(77)25-31-83-33-32-82-13)52(74)34-43(6)58(79)66-28-20-23-55(76)63-11/h16,18,21,26,39-44,47-49,51,53H,14-15,17,19-20,22-25,27-38H2,1-13H3,(H,63,76)(H,65,77)(H,66,79)(H,67,80)(H,68,78)/t42?,43?,44?,47-,48+,49?,51-,53-/m1/s1. The van der Waals surface area contributed by atoms with Crippen LogP contribution in [0.4, 0.5) is 0 Å². The summed E-state index contributed by atoms with van der Waals surface area (Å²) >= 11 is 1.16. The second-order valence-electron chi connectivity index (χ2n) is 23.0. The number of nitrogens with zero attached hydrogens (tertiary/aromatic N) is 4. The van der Waals surface area contributed by atoms with Gasteiger partial charge in [0.05, 0.1) is 31.4 Å². The van der Waals surface area contributed by atoms with Gasteiger partial charge in [0.1, 0.15) is 16.8 Å². The molecule has 2 aromatic rings. The number of aromatic nitrogens is 2. The van der Waals surface area contributed by atoms with E-state index >= 15 is 4.79 Å². The number of hydrogen-bond donors (Lipinski definition) is 5. The first-order valence-electron chi connectivity index (χ1n) is 30.4. The van der Waals surface area contributed by atoms with Gasteiger partial charge in [0, 0.05) is 140 Å². The summed E-state index contributed by atoms with van der Waals surface area (Å²) < 4.78 is 21.4. The Hall–Kier alpha value is -6.24. The van der Waals surface area contributed by atoms with E-state index in [4.69, 9.17) is 18.9 Å². The molecule has 0 aliphatic carbocycles. The van der Waals surface area contributed by atoms with E-state index in [2.05, 4.69) is 36.6 Å². The van der Waals surface area contributed by atoms with Crippen molar-refractivity contribution in [3.05, 3.63) is 46.2 Å². The van der Waals surface area contributed by atoms with Crippen molar-refractivity contribution < 1.29 is 66.9 Å². The number of nitrogens with one attached hydrogen (secondary N) is 5. The molecular weight excluding hydrogens is 1130 g/mol. The van der Waals surface area contributed by atoms with E-state index in [1.165, 1.54) is 14.0 Å². The van der Waals surface area contributed by atoms with Gasteiger partial charge < -0.3 is 50.4 Å². The summed E-state index contributed by atoms with van der Waals surface area (Å²) in [7, 11) is 4.83. The number of esters is 1. The molecule has 4 unspecified atom stereocenters. The third-order valence-corrected chi connectivity index (χ3v) is 16.4. The minimum atomic E-state index is -1.15. The molecule has 0 aliphatic heterocycles. The number of rotatable bonds is 46. The van der Waals surface area contributed by atoms with Crippen LogP contribution in [0.15, 0.2) is 29.8 Å². The van der Waals surface area contributed by atoms with Gasteiger partial charge >= 0.3 is 5.97 Å². The Morgan fingerprint density at radius 2 is 1.55 bits per heavy atom. The van der Waals surface area contributed by atoms with Gasteiger partial charge in [-0.2, -0.15) is 0 Å². The topological polar surface area (TPSA) is 300 Å². The Morgan fingerprint density at radius 1 is 0.826 bits per heavy atom. The lowest BCUT2D eigenvalue weighted by molar-refractivity contribution is -0.150. The highest BCUT2D eigenvalue weighted by molar-refractivity contribution is 7.09. The maximum atomic E-state index is 15.2. The first kappa shape index (κ1) is 75.9. The predicted molar refractivity (Wildman–Crippen MR) is 327 cm³/mol. The van der Waals surface area contributed by atoms with Gasteiger partial charge in [-0.15, -0.1) is 11.3 Å². The third-order valence-electron chi connectivity index (χ3n) is 15.5. The van der Waals surface area contributed by atoms with Gasteiger partial charge in [0.25, 0.3) is 12.4 Å². The summed E-state index contributed by atoms with van der Waals surface area (Å²) in [6.07, 6.45) is 4.03. The van der Waals surface area contributed by atoms with Gasteiger partial charge in [-0.3, -0.25) is 57.8 Å². The molecule has 0 aliphatic rings. The van der Waals surface area contributed by atoms with E-state index in [9.17, 15) is 43.2 Å². The first-order chi connectivity index (χ1) is 40.8. The number of ketones is 2. The summed E-state index contributed by atoms with van der Waals surface area (Å²) in [5.41, 5.74) is -0.316. The normalized spacial score (nSPS) is 14.3. The van der Waals surface area contributed by atoms with Crippen LogP contribution in [0.2, 0.25) is 0 Å². The molecule has 0 aromatic carbocycles. The Kier molecular flexibility index (Phi) is 36.2. The van der Waals surface area contributed by atoms with E-state index in [0.29, 0.717) is 82.7 Å². The van der Waals surface area contributed by atoms with Crippen molar-refractivity contribution in [1.82, 2.24) is 46.4 Å². The number of carbonyl (C=O) groups excluding carboxylic acids is 10. The van der Waals surface area contributed by atoms with Gasteiger partial charge in [-0.25, -0.2) is 4.98 Å². The summed E-state index contributed by atoms with van der Waals surface area (Å²) in [6.45, 7) is 20.5. The summed E-state index contributed by atoms with van der Waals surface area (Å²) in [5.74, 6) is -4.74. The first-order valence-corrected chi connectivity index (χ1v) is 31.3. The van der Waals surface area contributed by atoms with Crippen LogP contribution in [-0.2, 0) is 68.5 Å². The molecule has 484 valence electrons. The van der Waals surface area contributed by atoms with Crippen LogP contribution < -0.4 is 26.6 Å². The zero-order valence-corrected chi connectivity index (χ0v) is 54.2. The molecule has 5 N–H and O–H groups in total. The molecular formula is C62H101N9O14S. The van der Waals surface area contributed by atoms with Crippen molar-refractivity contribution in [2.75, 3.05) is 67.2 Å². The van der Waals surface area contributed by atoms with Crippen molar-refractivity contribution in [1.29, 1.82) is 0 Å². The maximum Gasteiger partial charge on any atom is 0.303 e. The summed E-state index contributed by atoms with van der Waals surface area (Å²) in [6, 6.07) is 3.58. The minimum Gasteiger partial charge on any atom is -0.465 e. The molecule has 0 fully saturated rings. The number of pyridine rings is 1. The summed E-state index contributed by atoms with van der Waals surface area (Å²) in [5, 5.41) is 16.0. The van der Waals surface area contributed by atoms with Crippen molar-refractivity contribution in [2.24, 2.45) is 23.7 Å². The van der Waals surface area contributed by atoms with E-state index in [1.54, 1.807) is 69.3 Å². The van der Waals surface area contributed by atoms with Crippen LogP contribution in [0.1, 0.15) is 180 Å². The fraction of sp³-hybridized carbons (Fsp3) is 0.710. The number of hydrogen-bond acceptors (Lipinski definition) is 18. The second kappa shape index (κ2) is 41.0. The average molecular weight is 1230 g/mol. The highest BCUT2D eigenvalue weighted by Gasteiger charge is 2.41. The molecule has 24 heteroatoms. The van der Waals surface area contributed by atoms with Gasteiger partial charge in [-0.1, -0.05) is 54.0 Å². The minimum absolute atomic E-state index is 0.0760. The third kappa shape index (κ3) is 28.1. The Morgan fingerprint density at radius 3 is 2.17 bits per heavy atom. The number of ether oxygens (including phenoxy) is 4. The van der Waals surface area contributed by atoms with Gasteiger partial charge in [-0.05, 0) is 83.9 Å². The number of unbranched alkanes of at least 4 members (excludes halogenated alkanes) is 1. The summed E-state index contributed by atoms with van der Waals surface area (Å²) in [4.78, 5) is 145. The molecule has 0 saturated heterocycles. The lowest BCUT2D eigenvalue weighted by atomic mass is 9.81. The monoisotopic (exact) mass is 1230 g/mol. The number of carbonyl (C=O) groups is 10. The molecule has 0 saturated carbocycles. The van der Waals surface area contributed by atoms with Crippen molar-refractivity contribution in [2.45, 2.75) is 195 Å². The largest absolute Gasteiger partial charge is 0.465 e. The number of Topliss-reactive ketones (excluding diaryl/α,β-unsaturated/α-hetero) is 2. The zero-order valence-electron chi connectivity index (χ0n) is 53.4. The Labute approximate surface area is 514 Å². The highest BCUT2D eigenvalue weighted by atomic mass is 32.1. The van der Waals surface area contributed by atoms with Crippen LogP contribution in [0.25, 0.3) is 0 Å². The van der Waals surface area contributed by atoms with Gasteiger partial charge in [0.2, 0.25) is 29.5 Å². The Bertz CT molecular complexity index is 2430. The van der Waals surface area contributed by atoms with Crippen LogP contribution in [0.3, 0.4) is 0 Å². The molecule has 0 spiro atoms. The smallest absolute Gasteiger partial charge is 0.303 e. The molecule has 2 rings (SSSR count). The number of methoxy groups -OCH3 is 1. The second-order valence-corrected chi connectivity index (χ2v) is 23.9. The number of likely N-dealkylation sites (N-methyl/N-ethyl adjacent to an activating group) is 1. The molecule has 2 heterocycles. The van der Waals surface area contributed by atoms with Gasteiger partial charge in [0.15, 0.2) is 17.7 Å². The van der Waals surface area contributed by atoms with Crippen molar-refractivity contribution in [3.63, 3.8) is 0 Å². The van der Waals surface area contributed by atoms with E-state index < -0.39 is 65.5 Å². The average Bonchev–Trinajstić information content (AvgIpc) is 2.24. The number of amides is 6. The molecule has 6 amide bonds. The van der Waals surface area contributed by atoms with Crippen LogP contribution in [0, 0.1) is 23.7 Å². The SMILES string of the molecule is CCCN(C(=O)[C@@H](CC(=O)C(C)(C)N(C)CCC(=O)NC(CCCCNC(=O)CCOCCOC)C(=O)CC(C)C(=O)NCCCC(=O)NC)C(C)CC)[C@H](C[C@@H](OC(C)=O)c1nc(C(=O)N[C@@H](Cc2ccccn2)CC(C)OC=O)cs1)C(C)C. The zero-order chi connectivity index (χ0) is 64.4. The lowest BCUT2D eigenvalue weighted by Gasteiger charge is -2.40. The highest BCUT2D eigenvalue weighted by Crippen LogP contribution is 2.34. The number of thiazole rings is 1. The van der Waals surface area contributed by atoms with E-state index in [0.717, 1.165) is 17.0 Å².